The van der Waals surface area contributed by atoms with Gasteiger partial charge in [-0.1, -0.05) is 53.4 Å². The molecule has 1 aliphatic rings. The first-order valence-corrected chi connectivity index (χ1v) is 13.7. The van der Waals surface area contributed by atoms with Crippen molar-refractivity contribution >= 4 is 50.9 Å². The molecule has 0 aliphatic carbocycles. The quantitative estimate of drug-likeness (QED) is 0.137. The summed E-state index contributed by atoms with van der Waals surface area (Å²) in [6.45, 7) is 0. The fourth-order valence-electron chi connectivity index (χ4n) is 4.41. The van der Waals surface area contributed by atoms with Crippen LogP contribution in [0.15, 0.2) is 93.1 Å². The molecule has 0 fully saturated rings. The molecule has 40 heavy (non-hydrogen) atoms. The third kappa shape index (κ3) is 4.61. The van der Waals surface area contributed by atoms with Crippen LogP contribution in [0.25, 0.3) is 11.0 Å². The summed E-state index contributed by atoms with van der Waals surface area (Å²) in [5, 5.41) is 20.2. The van der Waals surface area contributed by atoms with E-state index in [4.69, 9.17) is 9.15 Å². The summed E-state index contributed by atoms with van der Waals surface area (Å²) in [6, 6.07) is 15.3. The number of para-hydroxylation sites is 1. The van der Waals surface area contributed by atoms with Crippen LogP contribution >= 0.6 is 23.1 Å². The van der Waals surface area contributed by atoms with Crippen LogP contribution in [0.1, 0.15) is 27.7 Å². The first-order chi connectivity index (χ1) is 19.4. The monoisotopic (exact) mass is 574 g/mol. The van der Waals surface area contributed by atoms with Crippen molar-refractivity contribution in [2.75, 3.05) is 12.0 Å². The number of rotatable bonds is 8. The van der Waals surface area contributed by atoms with Crippen molar-refractivity contribution in [3.63, 3.8) is 0 Å². The maximum absolute atomic E-state index is 13.8. The lowest BCUT2D eigenvalue weighted by Gasteiger charge is -2.23. The van der Waals surface area contributed by atoms with E-state index in [0.717, 1.165) is 16.9 Å². The number of hydrogen-bond acceptors (Lipinski definition) is 10. The zero-order valence-corrected chi connectivity index (χ0v) is 22.4. The number of hydrogen-bond donors (Lipinski definition) is 1. The third-order valence-corrected chi connectivity index (χ3v) is 8.41. The summed E-state index contributed by atoms with van der Waals surface area (Å²) in [6.07, 6.45) is 3.08. The van der Waals surface area contributed by atoms with Gasteiger partial charge in [0, 0.05) is 23.5 Å². The number of aromatic nitrogens is 3. The maximum atomic E-state index is 13.8. The van der Waals surface area contributed by atoms with Crippen LogP contribution in [0.3, 0.4) is 0 Å². The molecule has 0 bridgehead atoms. The molecule has 1 aliphatic heterocycles. The number of methoxy groups -OCH3 is 1. The van der Waals surface area contributed by atoms with Crippen LogP contribution in [0, 0.1) is 5.82 Å². The summed E-state index contributed by atoms with van der Waals surface area (Å²) >= 11 is 2.51. The maximum Gasteiger partial charge on any atom is 0.296 e. The van der Waals surface area contributed by atoms with Gasteiger partial charge in [-0.25, -0.2) is 4.39 Å². The van der Waals surface area contributed by atoms with Crippen LogP contribution in [0.2, 0.25) is 0 Å². The largest absolute Gasteiger partial charge is 0.503 e. The average Bonchev–Trinajstić information content (AvgIpc) is 3.69. The number of furan rings is 1. The molecule has 0 saturated carbocycles. The number of Topliss-reactive ketones (excluding diaryl/α,β-unsaturated/α-hetero) is 1. The Bertz CT molecular complexity index is 1770. The zero-order chi connectivity index (χ0) is 27.8. The van der Waals surface area contributed by atoms with Gasteiger partial charge in [-0.2, -0.15) is 0 Å². The summed E-state index contributed by atoms with van der Waals surface area (Å²) < 4.78 is 25.0. The predicted octanol–water partition coefficient (Wildman–Crippen LogP) is 5.90. The fraction of sp³-hybridized carbons (Fsp3) is 0.107. The van der Waals surface area contributed by atoms with Gasteiger partial charge in [0.05, 0.1) is 18.7 Å². The van der Waals surface area contributed by atoms with E-state index in [9.17, 15) is 19.1 Å². The van der Waals surface area contributed by atoms with Gasteiger partial charge in [0.15, 0.2) is 27.2 Å². The molecule has 0 saturated heterocycles. The lowest BCUT2D eigenvalue weighted by molar-refractivity contribution is -0.117. The highest BCUT2D eigenvalue weighted by atomic mass is 32.2. The second-order valence-electron chi connectivity index (χ2n) is 8.71. The number of ketones is 1. The molecule has 9 nitrogen and oxygen atoms in total. The number of nitrogens with zero attached hydrogens (tertiary/aromatic N) is 4. The lowest BCUT2D eigenvalue weighted by atomic mass is 9.96. The van der Waals surface area contributed by atoms with Gasteiger partial charge in [-0.3, -0.25) is 19.5 Å². The number of fused-ring (bicyclic) bond motifs is 1. The normalized spacial score (nSPS) is 15.3. The fourth-order valence-corrected chi connectivity index (χ4v) is 6.24. The minimum absolute atomic E-state index is 0.0580. The van der Waals surface area contributed by atoms with Crippen molar-refractivity contribution in [2.45, 2.75) is 16.1 Å². The first-order valence-electron chi connectivity index (χ1n) is 11.9. The molecule has 200 valence electrons. The number of aliphatic hydroxyl groups excluding tert-OH is 1. The van der Waals surface area contributed by atoms with E-state index < -0.39 is 23.5 Å². The van der Waals surface area contributed by atoms with Crippen molar-refractivity contribution in [1.82, 2.24) is 15.2 Å². The van der Waals surface area contributed by atoms with Crippen LogP contribution in [0.5, 0.6) is 5.75 Å². The minimum atomic E-state index is -1.02. The summed E-state index contributed by atoms with van der Waals surface area (Å²) in [7, 11) is 1.49. The second-order valence-corrected chi connectivity index (χ2v) is 10.9. The number of carbonyl (C=O) groups is 2. The molecule has 1 unspecified atom stereocenters. The predicted molar refractivity (Wildman–Crippen MR) is 147 cm³/mol. The van der Waals surface area contributed by atoms with E-state index in [1.54, 1.807) is 54.7 Å². The third-order valence-electron chi connectivity index (χ3n) is 6.28. The molecule has 1 amide bonds. The van der Waals surface area contributed by atoms with Crippen LogP contribution < -0.4 is 9.64 Å². The van der Waals surface area contributed by atoms with Gasteiger partial charge >= 0.3 is 0 Å². The van der Waals surface area contributed by atoms with Crippen molar-refractivity contribution in [3.8, 4) is 5.75 Å². The zero-order valence-electron chi connectivity index (χ0n) is 20.8. The Labute approximate surface area is 234 Å². The van der Waals surface area contributed by atoms with E-state index in [0.29, 0.717) is 32.4 Å². The second kappa shape index (κ2) is 10.5. The topological polar surface area (TPSA) is 119 Å². The molecule has 1 atom stereocenters. The number of halogens is 1. The number of thioether (sulfide) groups is 1. The number of pyridine rings is 1. The molecular weight excluding hydrogens is 555 g/mol. The molecule has 3 aromatic heterocycles. The van der Waals surface area contributed by atoms with Crippen LogP contribution in [-0.4, -0.2) is 39.1 Å². The van der Waals surface area contributed by atoms with Gasteiger partial charge in [-0.15, -0.1) is 10.2 Å². The first kappa shape index (κ1) is 25.7. The van der Waals surface area contributed by atoms with Crippen molar-refractivity contribution in [3.05, 3.63) is 107 Å². The van der Waals surface area contributed by atoms with E-state index >= 15 is 0 Å². The smallest absolute Gasteiger partial charge is 0.296 e. The van der Waals surface area contributed by atoms with Crippen molar-refractivity contribution < 1.29 is 28.2 Å². The SMILES string of the molecule is COc1cccc2cc(C(=O)C3=C(O)C(=O)N(c4nnc(SCc5ccc(F)cc5)s4)C3c3cccnc3)oc12. The Balaban J connectivity index is 1.35. The van der Waals surface area contributed by atoms with Gasteiger partial charge in [0.2, 0.25) is 10.9 Å². The van der Waals surface area contributed by atoms with E-state index in [1.165, 1.54) is 42.1 Å². The Hall–Kier alpha value is -4.55. The molecule has 1 N–H and O–H groups in total. The summed E-state index contributed by atoms with van der Waals surface area (Å²) in [5.41, 5.74) is 1.60. The summed E-state index contributed by atoms with van der Waals surface area (Å²) in [5.74, 6) is -1.58. The molecule has 2 aromatic carbocycles. The number of anilines is 1. The molecule has 12 heteroatoms. The molecule has 6 rings (SSSR count). The van der Waals surface area contributed by atoms with Gasteiger partial charge in [0.25, 0.3) is 5.91 Å². The minimum Gasteiger partial charge on any atom is -0.503 e. The summed E-state index contributed by atoms with van der Waals surface area (Å²) in [4.78, 5) is 32.6. The standard InChI is InChI=1S/C28H19FN4O5S2/c1-37-19-6-2-4-16-12-20(38-25(16)19)23(34)21-22(17-5-3-11-30-13-17)33(26(36)24(21)35)27-31-32-28(40-27)39-14-15-7-9-18(29)10-8-15/h2-13,22,35H,14H2,1H3. The molecule has 0 radical (unpaired) electrons. The molecule has 4 heterocycles. The van der Waals surface area contributed by atoms with Crippen LogP contribution in [0.4, 0.5) is 9.52 Å². The van der Waals surface area contributed by atoms with Crippen LogP contribution in [-0.2, 0) is 10.5 Å². The van der Waals surface area contributed by atoms with Crippen molar-refractivity contribution in [2.24, 2.45) is 0 Å². The average molecular weight is 575 g/mol. The highest BCUT2D eigenvalue weighted by molar-refractivity contribution is 8.00. The highest BCUT2D eigenvalue weighted by Crippen LogP contribution is 2.44. The van der Waals surface area contributed by atoms with Gasteiger partial charge in [0.1, 0.15) is 5.82 Å². The lowest BCUT2D eigenvalue weighted by Crippen LogP contribution is -2.31. The number of benzene rings is 2. The highest BCUT2D eigenvalue weighted by Gasteiger charge is 2.47. The Morgan fingerprint density at radius 2 is 2.00 bits per heavy atom. The number of carbonyl (C=O) groups excluding carboxylic acids is 2. The van der Waals surface area contributed by atoms with E-state index in [1.807, 2.05) is 0 Å². The number of amides is 1. The molecule has 5 aromatic rings. The number of aliphatic hydroxyl groups is 1. The van der Waals surface area contributed by atoms with Gasteiger partial charge < -0.3 is 14.3 Å². The Kier molecular flexibility index (Phi) is 6.78. The van der Waals surface area contributed by atoms with Gasteiger partial charge in [-0.05, 0) is 41.5 Å². The van der Waals surface area contributed by atoms with E-state index in [2.05, 4.69) is 15.2 Å². The number of ether oxygens (including phenoxy) is 1. The molecular formula is C28H19FN4O5S2. The Morgan fingerprint density at radius 1 is 1.18 bits per heavy atom. The Morgan fingerprint density at radius 3 is 2.75 bits per heavy atom. The van der Waals surface area contributed by atoms with Crippen molar-refractivity contribution in [1.29, 1.82) is 0 Å². The van der Waals surface area contributed by atoms with E-state index in [-0.39, 0.29) is 22.3 Å². The molecule has 0 spiro atoms.